The number of amides is 3. The van der Waals surface area contributed by atoms with Crippen molar-refractivity contribution in [1.29, 1.82) is 0 Å². The Kier molecular flexibility index (Phi) is 10.6. The van der Waals surface area contributed by atoms with Gasteiger partial charge in [-0.15, -0.1) is 0 Å². The second kappa shape index (κ2) is 14.9. The van der Waals surface area contributed by atoms with Gasteiger partial charge in [0.25, 0.3) is 0 Å². The van der Waals surface area contributed by atoms with Gasteiger partial charge in [0.15, 0.2) is 0 Å². The summed E-state index contributed by atoms with van der Waals surface area (Å²) in [5.41, 5.74) is 3.85. The molecule has 3 amide bonds. The standard InChI is InChI=1S/C40H53N7O4/c1-22(2)25(7)38(48)47-21-30(23(3)4)18-34(47)37-42-20-32(44-37)29-14-12-26-16-28(13-11-27(26)17-29)31-19-41-36(43-31)33-10-9-15-46(33)39(49)35(24(5)6)45-40(50)51-8/h11-14,16-17,19-20,22-25,30,33-35H,9-10,15,18,21H2,1-8H3,(H,41,43)(H,42,44)(H,45,50)/t25-,30?,33-,34-,35-/m0/s1. The topological polar surface area (TPSA) is 136 Å². The van der Waals surface area contributed by atoms with Gasteiger partial charge < -0.3 is 29.8 Å². The van der Waals surface area contributed by atoms with Gasteiger partial charge in [-0.2, -0.15) is 0 Å². The second-order valence-electron chi connectivity index (χ2n) is 15.5. The van der Waals surface area contributed by atoms with E-state index in [0.717, 1.165) is 70.7 Å². The highest BCUT2D eigenvalue weighted by Gasteiger charge is 2.41. The molecule has 3 N–H and O–H groups in total. The fourth-order valence-corrected chi connectivity index (χ4v) is 7.48. The zero-order chi connectivity index (χ0) is 36.6. The van der Waals surface area contributed by atoms with Crippen molar-refractivity contribution in [2.24, 2.45) is 29.6 Å². The Hall–Kier alpha value is -4.67. The molecule has 2 aromatic carbocycles. The van der Waals surface area contributed by atoms with Crippen molar-refractivity contribution in [3.8, 4) is 22.5 Å². The summed E-state index contributed by atoms with van der Waals surface area (Å²) in [6, 6.07) is 11.8. The number of ether oxygens (including phenoxy) is 1. The number of imidazole rings is 2. The third kappa shape index (κ3) is 7.39. The van der Waals surface area contributed by atoms with Crippen LogP contribution in [0.5, 0.6) is 0 Å². The predicted octanol–water partition coefficient (Wildman–Crippen LogP) is 7.50. The minimum absolute atomic E-state index is 0.0347. The number of rotatable bonds is 10. The van der Waals surface area contributed by atoms with E-state index in [2.05, 4.69) is 84.3 Å². The van der Waals surface area contributed by atoms with E-state index < -0.39 is 12.1 Å². The van der Waals surface area contributed by atoms with Gasteiger partial charge in [-0.25, -0.2) is 14.8 Å². The molecule has 4 heterocycles. The molecule has 11 nitrogen and oxygen atoms in total. The van der Waals surface area contributed by atoms with Crippen LogP contribution in [-0.4, -0.2) is 73.9 Å². The Balaban J connectivity index is 1.19. The number of H-pyrrole nitrogens is 2. The molecule has 0 spiro atoms. The maximum Gasteiger partial charge on any atom is 0.407 e. The van der Waals surface area contributed by atoms with Gasteiger partial charge in [0, 0.05) is 30.1 Å². The number of methoxy groups -OCH3 is 1. The van der Waals surface area contributed by atoms with Gasteiger partial charge in [0.1, 0.15) is 17.7 Å². The number of fused-ring (bicyclic) bond motifs is 1. The molecule has 0 aliphatic carbocycles. The number of hydrogen-bond donors (Lipinski definition) is 3. The molecule has 1 unspecified atom stereocenters. The van der Waals surface area contributed by atoms with Gasteiger partial charge >= 0.3 is 6.09 Å². The predicted molar refractivity (Wildman–Crippen MR) is 198 cm³/mol. The van der Waals surface area contributed by atoms with Gasteiger partial charge in [-0.05, 0) is 65.8 Å². The Morgan fingerprint density at radius 2 is 1.39 bits per heavy atom. The molecule has 2 aromatic heterocycles. The molecule has 5 atom stereocenters. The molecule has 51 heavy (non-hydrogen) atoms. The number of benzene rings is 2. The largest absolute Gasteiger partial charge is 0.453 e. The van der Waals surface area contributed by atoms with Crippen LogP contribution in [-0.2, 0) is 14.3 Å². The number of carbonyl (C=O) groups excluding carboxylic acids is 3. The fourth-order valence-electron chi connectivity index (χ4n) is 7.48. The highest BCUT2D eigenvalue weighted by molar-refractivity contribution is 5.90. The van der Waals surface area contributed by atoms with E-state index >= 15 is 0 Å². The van der Waals surface area contributed by atoms with Crippen molar-refractivity contribution in [2.45, 2.75) is 85.9 Å². The lowest BCUT2D eigenvalue weighted by Crippen LogP contribution is -2.51. The van der Waals surface area contributed by atoms with Crippen LogP contribution in [0.25, 0.3) is 33.3 Å². The van der Waals surface area contributed by atoms with E-state index in [0.29, 0.717) is 18.4 Å². The molecule has 2 saturated heterocycles. The molecule has 11 heteroatoms. The van der Waals surface area contributed by atoms with E-state index in [1.54, 1.807) is 0 Å². The van der Waals surface area contributed by atoms with E-state index in [9.17, 15) is 14.4 Å². The Bertz CT molecular complexity index is 1880. The van der Waals surface area contributed by atoms with Gasteiger partial charge in [0.05, 0.1) is 43.0 Å². The maximum absolute atomic E-state index is 13.6. The van der Waals surface area contributed by atoms with Crippen LogP contribution >= 0.6 is 0 Å². The summed E-state index contributed by atoms with van der Waals surface area (Å²) < 4.78 is 4.76. The molecular weight excluding hydrogens is 642 g/mol. The van der Waals surface area contributed by atoms with Crippen LogP contribution in [0.2, 0.25) is 0 Å². The lowest BCUT2D eigenvalue weighted by atomic mass is 9.93. The van der Waals surface area contributed by atoms with Crippen LogP contribution in [0.3, 0.4) is 0 Å². The first-order chi connectivity index (χ1) is 24.4. The van der Waals surface area contributed by atoms with E-state index in [-0.39, 0.29) is 41.7 Å². The molecule has 0 saturated carbocycles. The van der Waals surface area contributed by atoms with Crippen molar-refractivity contribution in [3.05, 3.63) is 60.4 Å². The van der Waals surface area contributed by atoms with Gasteiger partial charge in [0.2, 0.25) is 11.8 Å². The van der Waals surface area contributed by atoms with Crippen molar-refractivity contribution in [2.75, 3.05) is 20.2 Å². The average Bonchev–Trinajstić information content (AvgIpc) is 3.94. The van der Waals surface area contributed by atoms with Crippen LogP contribution in [0.1, 0.15) is 91.5 Å². The number of aromatic amines is 2. The first-order valence-electron chi connectivity index (χ1n) is 18.5. The molecular formula is C40H53N7O4. The number of aromatic nitrogens is 4. The molecule has 2 aliphatic rings. The van der Waals surface area contributed by atoms with Crippen LogP contribution in [0.15, 0.2) is 48.8 Å². The Morgan fingerprint density at radius 3 is 1.92 bits per heavy atom. The molecule has 4 aromatic rings. The summed E-state index contributed by atoms with van der Waals surface area (Å²) in [5, 5.41) is 4.90. The number of nitrogens with one attached hydrogen (secondary N) is 3. The fraction of sp³-hybridized carbons (Fsp3) is 0.525. The van der Waals surface area contributed by atoms with Gasteiger partial charge in [-0.3, -0.25) is 9.59 Å². The Labute approximate surface area is 300 Å². The van der Waals surface area contributed by atoms with Crippen molar-refractivity contribution in [3.63, 3.8) is 0 Å². The maximum atomic E-state index is 13.6. The third-order valence-corrected chi connectivity index (χ3v) is 11.2. The molecule has 2 fully saturated rings. The summed E-state index contributed by atoms with van der Waals surface area (Å²) in [5.74, 6) is 2.77. The van der Waals surface area contributed by atoms with Crippen LogP contribution in [0.4, 0.5) is 4.79 Å². The first-order valence-corrected chi connectivity index (χ1v) is 18.5. The highest BCUT2D eigenvalue weighted by atomic mass is 16.5. The first kappa shape index (κ1) is 36.1. The Morgan fingerprint density at radius 1 is 0.804 bits per heavy atom. The second-order valence-corrected chi connectivity index (χ2v) is 15.5. The van der Waals surface area contributed by atoms with Crippen LogP contribution < -0.4 is 5.32 Å². The highest BCUT2D eigenvalue weighted by Crippen LogP contribution is 2.40. The lowest BCUT2D eigenvalue weighted by Gasteiger charge is -2.30. The number of nitrogens with zero attached hydrogens (tertiary/aromatic N) is 4. The average molecular weight is 696 g/mol. The molecule has 6 rings (SSSR count). The monoisotopic (exact) mass is 695 g/mol. The molecule has 0 radical (unpaired) electrons. The molecule has 0 bridgehead atoms. The SMILES string of the molecule is COC(=O)N[C@H](C(=O)N1CCC[C@H]1c1ncc(-c2ccc3cc(-c4cnc([C@@H]5CC(C(C)C)CN5C(=O)[C@@H](C)C(C)C)[nH]4)ccc3c2)[nH]1)C(C)C. The summed E-state index contributed by atoms with van der Waals surface area (Å²) >= 11 is 0. The molecule has 272 valence electrons. The number of carbonyl (C=O) groups is 3. The smallest absolute Gasteiger partial charge is 0.407 e. The zero-order valence-electron chi connectivity index (χ0n) is 31.2. The van der Waals surface area contributed by atoms with E-state index in [4.69, 9.17) is 14.7 Å². The minimum atomic E-state index is -0.677. The normalized spacial score (nSPS) is 20.5. The zero-order valence-corrected chi connectivity index (χ0v) is 31.2. The molecule has 2 aliphatic heterocycles. The lowest BCUT2D eigenvalue weighted by molar-refractivity contribution is -0.137. The van der Waals surface area contributed by atoms with E-state index in [1.165, 1.54) is 7.11 Å². The summed E-state index contributed by atoms with van der Waals surface area (Å²) in [6.07, 6.45) is 5.67. The number of hydrogen-bond acceptors (Lipinski definition) is 6. The quantitative estimate of drug-likeness (QED) is 0.157. The summed E-state index contributed by atoms with van der Waals surface area (Å²) in [7, 11) is 1.30. The van der Waals surface area contributed by atoms with Gasteiger partial charge in [-0.1, -0.05) is 72.7 Å². The summed E-state index contributed by atoms with van der Waals surface area (Å²) in [6.45, 7) is 15.9. The van der Waals surface area contributed by atoms with Crippen molar-refractivity contribution >= 4 is 28.7 Å². The number of likely N-dealkylation sites (tertiary alicyclic amines) is 2. The van der Waals surface area contributed by atoms with Crippen LogP contribution in [0, 0.1) is 29.6 Å². The minimum Gasteiger partial charge on any atom is -0.453 e. The van der Waals surface area contributed by atoms with Crippen molar-refractivity contribution < 1.29 is 19.1 Å². The third-order valence-electron chi connectivity index (χ3n) is 11.2. The summed E-state index contributed by atoms with van der Waals surface area (Å²) in [4.78, 5) is 59.5. The van der Waals surface area contributed by atoms with Crippen molar-refractivity contribution in [1.82, 2.24) is 35.1 Å². The number of alkyl carbamates (subject to hydrolysis) is 1. The van der Waals surface area contributed by atoms with E-state index in [1.807, 2.05) is 38.1 Å².